The van der Waals surface area contributed by atoms with E-state index in [2.05, 4.69) is 20.3 Å². The molecule has 4 aromatic rings. The van der Waals surface area contributed by atoms with Gasteiger partial charge in [0.25, 0.3) is 5.56 Å². The number of para-hydroxylation sites is 2. The Balaban J connectivity index is 1.55. The van der Waals surface area contributed by atoms with Gasteiger partial charge in [-0.2, -0.15) is 0 Å². The Morgan fingerprint density at radius 2 is 1.85 bits per heavy atom. The fourth-order valence-electron chi connectivity index (χ4n) is 3.26. The first-order chi connectivity index (χ1) is 16.5. The molecule has 0 aliphatic heterocycles. The maximum atomic E-state index is 12.8. The van der Waals surface area contributed by atoms with E-state index in [0.29, 0.717) is 16.8 Å². The van der Waals surface area contributed by atoms with E-state index < -0.39 is 17.5 Å². The monoisotopic (exact) mass is 460 g/mol. The normalized spacial score (nSPS) is 10.5. The number of rotatable bonds is 7. The first kappa shape index (κ1) is 22.5. The zero-order valence-corrected chi connectivity index (χ0v) is 18.3. The minimum atomic E-state index is -0.670. The third kappa shape index (κ3) is 4.70. The molecule has 0 radical (unpaired) electrons. The summed E-state index contributed by atoms with van der Waals surface area (Å²) in [5.41, 5.74) is 0.910. The van der Waals surface area contributed by atoms with Crippen LogP contribution in [-0.4, -0.2) is 41.1 Å². The summed E-state index contributed by atoms with van der Waals surface area (Å²) in [4.78, 5) is 48.1. The molecule has 0 atom stereocenters. The zero-order valence-electron chi connectivity index (χ0n) is 18.3. The number of anilines is 2. The first-order valence-corrected chi connectivity index (χ1v) is 10.1. The van der Waals surface area contributed by atoms with Gasteiger partial charge in [0.2, 0.25) is 0 Å². The molecule has 172 valence electrons. The lowest BCUT2D eigenvalue weighted by molar-refractivity contribution is 0.0462. The second kappa shape index (κ2) is 9.82. The summed E-state index contributed by atoms with van der Waals surface area (Å²) in [6.45, 7) is -0.296. The molecule has 0 spiro atoms. The van der Waals surface area contributed by atoms with Crippen molar-refractivity contribution in [2.24, 2.45) is 0 Å². The van der Waals surface area contributed by atoms with Crippen molar-refractivity contribution in [2.45, 2.75) is 6.61 Å². The highest BCUT2D eigenvalue weighted by Gasteiger charge is 2.17. The molecule has 34 heavy (non-hydrogen) atoms. The molecule has 2 aromatic heterocycles. The van der Waals surface area contributed by atoms with Crippen LogP contribution in [-0.2, 0) is 16.1 Å². The van der Waals surface area contributed by atoms with Gasteiger partial charge in [-0.05, 0) is 42.5 Å². The SMILES string of the molecule is COC(=O)c1ccc2c(=O)[nH]c(COC(=O)c3cccnc3Nc3ccccc3OC)nc2c1. The van der Waals surface area contributed by atoms with E-state index >= 15 is 0 Å². The molecular formula is C24H20N4O6. The Labute approximate surface area is 193 Å². The molecule has 0 aliphatic carbocycles. The average molecular weight is 460 g/mol. The summed E-state index contributed by atoms with van der Waals surface area (Å²) in [6, 6.07) is 14.8. The van der Waals surface area contributed by atoms with Gasteiger partial charge in [-0.15, -0.1) is 0 Å². The molecule has 2 heterocycles. The van der Waals surface area contributed by atoms with Crippen molar-refractivity contribution >= 4 is 34.3 Å². The number of nitrogens with zero attached hydrogens (tertiary/aromatic N) is 2. The van der Waals surface area contributed by atoms with Crippen LogP contribution in [0, 0.1) is 0 Å². The number of fused-ring (bicyclic) bond motifs is 1. The Morgan fingerprint density at radius 1 is 1.03 bits per heavy atom. The summed E-state index contributed by atoms with van der Waals surface area (Å²) in [5, 5.41) is 3.36. The number of esters is 2. The van der Waals surface area contributed by atoms with Gasteiger partial charge in [0, 0.05) is 6.20 Å². The van der Waals surface area contributed by atoms with Crippen molar-refractivity contribution in [1.82, 2.24) is 15.0 Å². The number of carbonyl (C=O) groups is 2. The highest BCUT2D eigenvalue weighted by atomic mass is 16.5. The van der Waals surface area contributed by atoms with Gasteiger partial charge in [0.15, 0.2) is 0 Å². The number of pyridine rings is 1. The average Bonchev–Trinajstić information content (AvgIpc) is 2.87. The predicted molar refractivity (Wildman–Crippen MR) is 123 cm³/mol. The van der Waals surface area contributed by atoms with Crippen molar-refractivity contribution in [1.29, 1.82) is 0 Å². The van der Waals surface area contributed by atoms with Crippen molar-refractivity contribution in [3.63, 3.8) is 0 Å². The molecular weight excluding hydrogens is 440 g/mol. The molecule has 2 N–H and O–H groups in total. The van der Waals surface area contributed by atoms with Gasteiger partial charge in [-0.1, -0.05) is 12.1 Å². The summed E-state index contributed by atoms with van der Waals surface area (Å²) in [5.74, 6) is -0.243. The lowest BCUT2D eigenvalue weighted by Gasteiger charge is -2.13. The lowest BCUT2D eigenvalue weighted by Crippen LogP contribution is -2.16. The van der Waals surface area contributed by atoms with Crippen LogP contribution >= 0.6 is 0 Å². The number of nitrogens with one attached hydrogen (secondary N) is 2. The van der Waals surface area contributed by atoms with E-state index in [1.807, 2.05) is 12.1 Å². The van der Waals surface area contributed by atoms with Crippen LogP contribution in [0.3, 0.4) is 0 Å². The van der Waals surface area contributed by atoms with Crippen LogP contribution in [0.4, 0.5) is 11.5 Å². The zero-order chi connectivity index (χ0) is 24.1. The standard InChI is InChI=1S/C24H20N4O6/c1-32-19-8-4-3-7-17(19)27-21-16(6-5-11-25-21)24(31)34-13-20-26-18-12-14(23(30)33-2)9-10-15(18)22(29)28-20/h3-12H,13H2,1-2H3,(H,25,27)(H,26,28,29). The number of carbonyl (C=O) groups excluding carboxylic acids is 2. The van der Waals surface area contributed by atoms with Crippen molar-refractivity contribution in [2.75, 3.05) is 19.5 Å². The Hall–Kier alpha value is -4.73. The topological polar surface area (TPSA) is 132 Å². The largest absolute Gasteiger partial charge is 0.495 e. The van der Waals surface area contributed by atoms with Gasteiger partial charge < -0.3 is 24.5 Å². The summed E-state index contributed by atoms with van der Waals surface area (Å²) in [6.07, 6.45) is 1.54. The number of benzene rings is 2. The van der Waals surface area contributed by atoms with Gasteiger partial charge in [0.1, 0.15) is 29.6 Å². The minimum absolute atomic E-state index is 0.121. The van der Waals surface area contributed by atoms with Crippen LogP contribution in [0.25, 0.3) is 10.9 Å². The molecule has 2 aromatic carbocycles. The highest BCUT2D eigenvalue weighted by Crippen LogP contribution is 2.27. The molecule has 0 aliphatic rings. The number of ether oxygens (including phenoxy) is 3. The third-order valence-electron chi connectivity index (χ3n) is 4.90. The van der Waals surface area contributed by atoms with E-state index in [1.54, 1.807) is 31.4 Å². The summed E-state index contributed by atoms with van der Waals surface area (Å²) >= 11 is 0. The van der Waals surface area contributed by atoms with E-state index in [0.717, 1.165) is 0 Å². The maximum Gasteiger partial charge on any atom is 0.342 e. The van der Waals surface area contributed by atoms with Crippen LogP contribution < -0.4 is 15.6 Å². The van der Waals surface area contributed by atoms with Gasteiger partial charge >= 0.3 is 11.9 Å². The highest BCUT2D eigenvalue weighted by molar-refractivity contribution is 5.96. The quantitative estimate of drug-likeness (QED) is 0.399. The molecule has 0 fully saturated rings. The number of aromatic amines is 1. The molecule has 10 heteroatoms. The van der Waals surface area contributed by atoms with Crippen LogP contribution in [0.5, 0.6) is 5.75 Å². The number of aromatic nitrogens is 3. The van der Waals surface area contributed by atoms with Gasteiger partial charge in [-0.25, -0.2) is 19.6 Å². The fourth-order valence-corrected chi connectivity index (χ4v) is 3.26. The molecule has 10 nitrogen and oxygen atoms in total. The number of hydrogen-bond donors (Lipinski definition) is 2. The lowest BCUT2D eigenvalue weighted by atomic mass is 10.1. The van der Waals surface area contributed by atoms with Crippen molar-refractivity contribution in [3.8, 4) is 5.75 Å². The Morgan fingerprint density at radius 3 is 2.65 bits per heavy atom. The fraction of sp³-hybridized carbons (Fsp3) is 0.125. The first-order valence-electron chi connectivity index (χ1n) is 10.1. The maximum absolute atomic E-state index is 12.8. The van der Waals surface area contributed by atoms with E-state index in [9.17, 15) is 14.4 Å². The number of hydrogen-bond acceptors (Lipinski definition) is 9. The molecule has 0 saturated carbocycles. The third-order valence-corrected chi connectivity index (χ3v) is 4.90. The molecule has 0 bridgehead atoms. The second-order valence-electron chi connectivity index (χ2n) is 7.04. The predicted octanol–water partition coefficient (Wildman–Crippen LogP) is 3.21. The van der Waals surface area contributed by atoms with Crippen LogP contribution in [0.1, 0.15) is 26.5 Å². The Kier molecular flexibility index (Phi) is 6.49. The molecule has 0 unspecified atom stereocenters. The summed E-state index contributed by atoms with van der Waals surface area (Å²) in [7, 11) is 2.80. The number of methoxy groups -OCH3 is 2. The molecule has 0 amide bonds. The van der Waals surface area contributed by atoms with Crippen molar-refractivity contribution in [3.05, 3.63) is 88.1 Å². The molecule has 4 rings (SSSR count). The van der Waals surface area contributed by atoms with E-state index in [-0.39, 0.29) is 34.9 Å². The van der Waals surface area contributed by atoms with E-state index in [1.165, 1.54) is 31.5 Å². The van der Waals surface area contributed by atoms with Crippen molar-refractivity contribution < 1.29 is 23.8 Å². The minimum Gasteiger partial charge on any atom is -0.495 e. The van der Waals surface area contributed by atoms with Gasteiger partial charge in [0.05, 0.1) is 36.4 Å². The Bertz CT molecular complexity index is 1430. The summed E-state index contributed by atoms with van der Waals surface area (Å²) < 4.78 is 15.4. The van der Waals surface area contributed by atoms with Crippen LogP contribution in [0.2, 0.25) is 0 Å². The smallest absolute Gasteiger partial charge is 0.342 e. The van der Waals surface area contributed by atoms with E-state index in [4.69, 9.17) is 14.2 Å². The number of H-pyrrole nitrogens is 1. The van der Waals surface area contributed by atoms with Gasteiger partial charge in [-0.3, -0.25) is 4.79 Å². The molecule has 0 saturated heterocycles. The second-order valence-corrected chi connectivity index (χ2v) is 7.04. The van der Waals surface area contributed by atoms with Crippen LogP contribution in [0.15, 0.2) is 65.6 Å².